The number of hydrogen-bond acceptors (Lipinski definition) is 5. The summed E-state index contributed by atoms with van der Waals surface area (Å²) in [6, 6.07) is 0.313. The monoisotopic (exact) mass is 196 g/mol. The molecule has 1 rings (SSSR count). The van der Waals surface area contributed by atoms with E-state index >= 15 is 0 Å². The molecule has 0 saturated carbocycles. The smallest absolute Gasteiger partial charge is 0.144 e. The van der Waals surface area contributed by atoms with Gasteiger partial charge >= 0.3 is 0 Å². The first kappa shape index (κ1) is 10.7. The highest BCUT2D eigenvalue weighted by Gasteiger charge is 2.02. The van der Waals surface area contributed by atoms with E-state index in [0.29, 0.717) is 11.9 Å². The Labute approximate surface area is 83.7 Å². The summed E-state index contributed by atoms with van der Waals surface area (Å²) in [4.78, 5) is 8.02. The molecule has 0 spiro atoms. The molecule has 0 fully saturated rings. The Morgan fingerprint density at radius 2 is 2.29 bits per heavy atom. The Hall–Kier alpha value is -1.36. The molecule has 0 aliphatic carbocycles. The molecule has 5 nitrogen and oxygen atoms in total. The van der Waals surface area contributed by atoms with Gasteiger partial charge in [-0.1, -0.05) is 0 Å². The molecule has 0 saturated heterocycles. The van der Waals surface area contributed by atoms with E-state index in [0.717, 1.165) is 18.8 Å². The van der Waals surface area contributed by atoms with Crippen molar-refractivity contribution in [1.29, 1.82) is 0 Å². The standard InChI is InChI=1S/C9H16N4O/c1-7(3-4-14-2)13-9-6-11-8(10)5-12-9/h5-7H,3-4H2,1-2H3,(H2,10,11)(H,12,13). The van der Waals surface area contributed by atoms with Crippen LogP contribution in [0, 0.1) is 0 Å². The van der Waals surface area contributed by atoms with E-state index in [1.165, 1.54) is 6.20 Å². The van der Waals surface area contributed by atoms with Crippen LogP contribution in [0.5, 0.6) is 0 Å². The third-order valence-corrected chi connectivity index (χ3v) is 1.82. The second-order valence-corrected chi connectivity index (χ2v) is 3.15. The van der Waals surface area contributed by atoms with Crippen LogP contribution in [0.2, 0.25) is 0 Å². The zero-order valence-corrected chi connectivity index (χ0v) is 8.53. The lowest BCUT2D eigenvalue weighted by atomic mass is 10.2. The van der Waals surface area contributed by atoms with E-state index in [4.69, 9.17) is 10.5 Å². The van der Waals surface area contributed by atoms with Gasteiger partial charge in [-0.3, -0.25) is 0 Å². The van der Waals surface area contributed by atoms with Crippen molar-refractivity contribution < 1.29 is 4.74 Å². The molecular formula is C9H16N4O. The number of nitrogens with zero attached hydrogens (tertiary/aromatic N) is 2. The Morgan fingerprint density at radius 1 is 1.50 bits per heavy atom. The van der Waals surface area contributed by atoms with Crippen molar-refractivity contribution in [2.75, 3.05) is 24.8 Å². The maximum absolute atomic E-state index is 5.42. The molecule has 5 heteroatoms. The molecule has 0 aliphatic rings. The van der Waals surface area contributed by atoms with Gasteiger partial charge in [0.05, 0.1) is 12.4 Å². The molecule has 0 amide bonds. The fourth-order valence-corrected chi connectivity index (χ4v) is 1.03. The average molecular weight is 196 g/mol. The number of anilines is 2. The summed E-state index contributed by atoms with van der Waals surface area (Å²) in [7, 11) is 1.69. The lowest BCUT2D eigenvalue weighted by Gasteiger charge is -2.13. The molecule has 14 heavy (non-hydrogen) atoms. The van der Waals surface area contributed by atoms with Crippen LogP contribution in [-0.2, 0) is 4.74 Å². The quantitative estimate of drug-likeness (QED) is 0.731. The molecule has 1 aromatic rings. The summed E-state index contributed by atoms with van der Waals surface area (Å²) < 4.78 is 4.97. The number of rotatable bonds is 5. The van der Waals surface area contributed by atoms with Gasteiger partial charge < -0.3 is 15.8 Å². The van der Waals surface area contributed by atoms with Crippen molar-refractivity contribution in [1.82, 2.24) is 9.97 Å². The van der Waals surface area contributed by atoms with Gasteiger partial charge in [-0.15, -0.1) is 0 Å². The van der Waals surface area contributed by atoms with Crippen LogP contribution in [0.25, 0.3) is 0 Å². The minimum absolute atomic E-state index is 0.313. The normalized spacial score (nSPS) is 12.4. The number of nitrogens with one attached hydrogen (secondary N) is 1. The van der Waals surface area contributed by atoms with Gasteiger partial charge in [0.25, 0.3) is 0 Å². The highest BCUT2D eigenvalue weighted by molar-refractivity contribution is 5.36. The SMILES string of the molecule is COCCC(C)Nc1cnc(N)cn1. The van der Waals surface area contributed by atoms with Crippen LogP contribution in [0.1, 0.15) is 13.3 Å². The largest absolute Gasteiger partial charge is 0.385 e. The predicted molar refractivity (Wildman–Crippen MR) is 56.0 cm³/mol. The summed E-state index contributed by atoms with van der Waals surface area (Å²) in [6.45, 7) is 2.80. The zero-order chi connectivity index (χ0) is 10.4. The van der Waals surface area contributed by atoms with Crippen molar-refractivity contribution >= 4 is 11.6 Å². The molecule has 0 aromatic carbocycles. The fourth-order valence-electron chi connectivity index (χ4n) is 1.03. The Morgan fingerprint density at radius 3 is 2.86 bits per heavy atom. The maximum Gasteiger partial charge on any atom is 0.144 e. The van der Waals surface area contributed by atoms with E-state index < -0.39 is 0 Å². The third-order valence-electron chi connectivity index (χ3n) is 1.82. The highest BCUT2D eigenvalue weighted by Crippen LogP contribution is 2.05. The first-order valence-corrected chi connectivity index (χ1v) is 4.55. The van der Waals surface area contributed by atoms with Crippen molar-refractivity contribution in [2.45, 2.75) is 19.4 Å². The second kappa shape index (κ2) is 5.39. The van der Waals surface area contributed by atoms with Gasteiger partial charge in [0.2, 0.25) is 0 Å². The molecule has 78 valence electrons. The Bertz CT molecular complexity index is 262. The molecule has 1 heterocycles. The number of aromatic nitrogens is 2. The van der Waals surface area contributed by atoms with Crippen LogP contribution >= 0.6 is 0 Å². The topological polar surface area (TPSA) is 73.1 Å². The van der Waals surface area contributed by atoms with Gasteiger partial charge in [-0.2, -0.15) is 0 Å². The van der Waals surface area contributed by atoms with Crippen molar-refractivity contribution in [3.8, 4) is 0 Å². The van der Waals surface area contributed by atoms with Gasteiger partial charge in [-0.25, -0.2) is 9.97 Å². The number of methoxy groups -OCH3 is 1. The van der Waals surface area contributed by atoms with Gasteiger partial charge in [0.15, 0.2) is 0 Å². The second-order valence-electron chi connectivity index (χ2n) is 3.15. The van der Waals surface area contributed by atoms with E-state index in [1.54, 1.807) is 13.3 Å². The van der Waals surface area contributed by atoms with Gasteiger partial charge in [0, 0.05) is 19.8 Å². The number of nitrogens with two attached hydrogens (primary N) is 1. The van der Waals surface area contributed by atoms with Crippen LogP contribution in [0.4, 0.5) is 11.6 Å². The van der Waals surface area contributed by atoms with E-state index in [2.05, 4.69) is 22.2 Å². The molecule has 0 bridgehead atoms. The molecular weight excluding hydrogens is 180 g/mol. The van der Waals surface area contributed by atoms with E-state index in [9.17, 15) is 0 Å². The average Bonchev–Trinajstić information content (AvgIpc) is 2.18. The minimum Gasteiger partial charge on any atom is -0.385 e. The van der Waals surface area contributed by atoms with Crippen LogP contribution in [-0.4, -0.2) is 29.7 Å². The zero-order valence-electron chi connectivity index (χ0n) is 8.53. The van der Waals surface area contributed by atoms with Crippen LogP contribution in [0.15, 0.2) is 12.4 Å². The van der Waals surface area contributed by atoms with Crippen molar-refractivity contribution in [3.05, 3.63) is 12.4 Å². The lowest BCUT2D eigenvalue weighted by molar-refractivity contribution is 0.191. The lowest BCUT2D eigenvalue weighted by Crippen LogP contribution is -2.18. The van der Waals surface area contributed by atoms with Crippen molar-refractivity contribution in [3.63, 3.8) is 0 Å². The predicted octanol–water partition coefficient (Wildman–Crippen LogP) is 0.896. The van der Waals surface area contributed by atoms with E-state index in [-0.39, 0.29) is 0 Å². The number of hydrogen-bond donors (Lipinski definition) is 2. The highest BCUT2D eigenvalue weighted by atomic mass is 16.5. The maximum atomic E-state index is 5.42. The number of ether oxygens (including phenoxy) is 1. The fraction of sp³-hybridized carbons (Fsp3) is 0.556. The molecule has 0 radical (unpaired) electrons. The summed E-state index contributed by atoms with van der Waals surface area (Å²) in [6.07, 6.45) is 4.09. The molecule has 0 aliphatic heterocycles. The third kappa shape index (κ3) is 3.57. The van der Waals surface area contributed by atoms with Gasteiger partial charge in [-0.05, 0) is 13.3 Å². The van der Waals surface area contributed by atoms with E-state index in [1.807, 2.05) is 0 Å². The summed E-state index contributed by atoms with van der Waals surface area (Å²) in [5.74, 6) is 1.17. The Balaban J connectivity index is 2.39. The Kier molecular flexibility index (Phi) is 4.12. The van der Waals surface area contributed by atoms with Crippen LogP contribution in [0.3, 0.4) is 0 Å². The first-order valence-electron chi connectivity index (χ1n) is 4.55. The minimum atomic E-state index is 0.313. The summed E-state index contributed by atoms with van der Waals surface area (Å²) >= 11 is 0. The summed E-state index contributed by atoms with van der Waals surface area (Å²) in [5.41, 5.74) is 5.42. The molecule has 3 N–H and O–H groups in total. The molecule has 1 unspecified atom stereocenters. The molecule has 1 aromatic heterocycles. The van der Waals surface area contributed by atoms with Crippen LogP contribution < -0.4 is 11.1 Å². The number of nitrogen functional groups attached to an aromatic ring is 1. The molecule has 1 atom stereocenters. The summed E-state index contributed by atoms with van der Waals surface area (Å²) in [5, 5.41) is 3.19. The van der Waals surface area contributed by atoms with Crippen molar-refractivity contribution in [2.24, 2.45) is 0 Å². The first-order chi connectivity index (χ1) is 6.72. The van der Waals surface area contributed by atoms with Gasteiger partial charge in [0.1, 0.15) is 11.6 Å².